The molecular weight excluding hydrogens is 424 g/mol. The Balaban J connectivity index is 1.65. The Morgan fingerprint density at radius 2 is 1.75 bits per heavy atom. The van der Waals surface area contributed by atoms with Gasteiger partial charge < -0.3 is 10.1 Å². The van der Waals surface area contributed by atoms with Gasteiger partial charge in [-0.05, 0) is 87.0 Å². The first-order valence-electron chi connectivity index (χ1n) is 11.8. The summed E-state index contributed by atoms with van der Waals surface area (Å²) in [6.07, 6.45) is 3.17. The summed E-state index contributed by atoms with van der Waals surface area (Å²) in [7, 11) is -3.73. The van der Waals surface area contributed by atoms with E-state index in [0.717, 1.165) is 18.4 Å². The molecule has 1 aliphatic heterocycles. The van der Waals surface area contributed by atoms with E-state index in [2.05, 4.69) is 26.1 Å². The highest BCUT2D eigenvalue weighted by Gasteiger charge is 2.59. The Bertz CT molecular complexity index is 1020. The molecule has 7 heteroatoms. The highest BCUT2D eigenvalue weighted by Crippen LogP contribution is 2.62. The molecule has 5 atom stereocenters. The molecule has 0 radical (unpaired) electrons. The Morgan fingerprint density at radius 3 is 2.31 bits per heavy atom. The molecule has 1 N–H and O–H groups in total. The molecule has 4 rings (SSSR count). The van der Waals surface area contributed by atoms with E-state index in [1.165, 1.54) is 10.7 Å². The lowest BCUT2D eigenvalue weighted by atomic mass is 9.68. The number of hydrogen-bond acceptors (Lipinski definition) is 4. The molecule has 3 aliphatic rings. The van der Waals surface area contributed by atoms with E-state index in [1.807, 2.05) is 33.8 Å². The smallest absolute Gasteiger partial charge is 0.251 e. The summed E-state index contributed by atoms with van der Waals surface area (Å²) in [5.74, 6) is 0.443. The van der Waals surface area contributed by atoms with Gasteiger partial charge in [0.25, 0.3) is 5.91 Å². The summed E-state index contributed by atoms with van der Waals surface area (Å²) in [6, 6.07) is 3.47. The lowest BCUT2D eigenvalue weighted by molar-refractivity contribution is -0.0441. The normalized spacial score (nSPS) is 34.6. The fraction of sp³-hybridized carbons (Fsp3) is 0.720. The van der Waals surface area contributed by atoms with Gasteiger partial charge in [-0.15, -0.1) is 0 Å². The minimum Gasteiger partial charge on any atom is -0.373 e. The summed E-state index contributed by atoms with van der Waals surface area (Å²) < 4.78 is 34.4. The molecule has 6 nitrogen and oxygen atoms in total. The highest BCUT2D eigenvalue weighted by molar-refractivity contribution is 7.89. The number of nitrogens with zero attached hydrogens (tertiary/aromatic N) is 1. The quantitative estimate of drug-likeness (QED) is 0.733. The van der Waals surface area contributed by atoms with Crippen molar-refractivity contribution >= 4 is 15.9 Å². The molecule has 1 heterocycles. The van der Waals surface area contributed by atoms with Crippen LogP contribution in [0.1, 0.15) is 75.4 Å². The molecule has 3 unspecified atom stereocenters. The second kappa shape index (κ2) is 7.81. The minimum absolute atomic E-state index is 0.0391. The first kappa shape index (κ1) is 23.7. The predicted molar refractivity (Wildman–Crippen MR) is 125 cm³/mol. The zero-order valence-electron chi connectivity index (χ0n) is 20.5. The topological polar surface area (TPSA) is 75.7 Å². The van der Waals surface area contributed by atoms with Crippen LogP contribution in [-0.4, -0.2) is 50.0 Å². The van der Waals surface area contributed by atoms with Gasteiger partial charge in [-0.25, -0.2) is 8.42 Å². The number of carbonyl (C=O) groups is 1. The fourth-order valence-corrected chi connectivity index (χ4v) is 8.48. The third-order valence-corrected chi connectivity index (χ3v) is 10.4. The maximum atomic E-state index is 13.6. The van der Waals surface area contributed by atoms with E-state index in [1.54, 1.807) is 6.07 Å². The van der Waals surface area contributed by atoms with Crippen molar-refractivity contribution in [3.63, 3.8) is 0 Å². The van der Waals surface area contributed by atoms with E-state index in [9.17, 15) is 13.2 Å². The van der Waals surface area contributed by atoms with Gasteiger partial charge in [0.2, 0.25) is 10.0 Å². The van der Waals surface area contributed by atoms with Crippen molar-refractivity contribution in [2.45, 2.75) is 90.9 Å². The summed E-state index contributed by atoms with van der Waals surface area (Å²) >= 11 is 0. The van der Waals surface area contributed by atoms with Crippen molar-refractivity contribution < 1.29 is 17.9 Å². The number of hydrogen-bond donors (Lipinski definition) is 1. The SMILES string of the molecule is Cc1cc(C(=O)N[C@@H]2C3(C)CC[C@@H](C3)C2(C)C)cc(S(=O)(=O)N2CC(C)OC(C)C2)c1C. The maximum Gasteiger partial charge on any atom is 0.251 e. The largest absolute Gasteiger partial charge is 0.373 e. The molecule has 3 fully saturated rings. The van der Waals surface area contributed by atoms with Gasteiger partial charge in [0, 0.05) is 24.7 Å². The third-order valence-electron chi connectivity index (χ3n) is 8.43. The molecule has 0 aromatic heterocycles. The van der Waals surface area contributed by atoms with Crippen molar-refractivity contribution in [2.24, 2.45) is 16.7 Å². The number of benzene rings is 1. The molecule has 0 spiro atoms. The van der Waals surface area contributed by atoms with Crippen LogP contribution in [0.4, 0.5) is 0 Å². The van der Waals surface area contributed by atoms with Crippen LogP contribution in [0.2, 0.25) is 0 Å². The van der Waals surface area contributed by atoms with Gasteiger partial charge in [0.15, 0.2) is 0 Å². The number of nitrogens with one attached hydrogen (secondary N) is 1. The zero-order valence-corrected chi connectivity index (χ0v) is 21.3. The fourth-order valence-electron chi connectivity index (χ4n) is 6.57. The van der Waals surface area contributed by atoms with E-state index in [0.29, 0.717) is 30.1 Å². The number of morpholine rings is 1. The van der Waals surface area contributed by atoms with Crippen LogP contribution in [0.3, 0.4) is 0 Å². The van der Waals surface area contributed by atoms with Gasteiger partial charge in [-0.2, -0.15) is 4.31 Å². The number of carbonyl (C=O) groups excluding carboxylic acids is 1. The van der Waals surface area contributed by atoms with Crippen LogP contribution in [0.25, 0.3) is 0 Å². The van der Waals surface area contributed by atoms with Crippen LogP contribution in [0.5, 0.6) is 0 Å². The first-order chi connectivity index (χ1) is 14.8. The monoisotopic (exact) mass is 462 g/mol. The van der Waals surface area contributed by atoms with Crippen LogP contribution < -0.4 is 5.32 Å². The van der Waals surface area contributed by atoms with Gasteiger partial charge in [-0.1, -0.05) is 20.8 Å². The van der Waals surface area contributed by atoms with Crippen molar-refractivity contribution in [2.75, 3.05) is 13.1 Å². The Morgan fingerprint density at radius 1 is 1.12 bits per heavy atom. The summed E-state index contributed by atoms with van der Waals surface area (Å²) in [4.78, 5) is 13.6. The molecule has 178 valence electrons. The highest BCUT2D eigenvalue weighted by atomic mass is 32.2. The molecule has 2 saturated carbocycles. The molecule has 1 aromatic rings. The molecule has 2 aliphatic carbocycles. The maximum absolute atomic E-state index is 13.6. The minimum atomic E-state index is -3.73. The number of amides is 1. The summed E-state index contributed by atoms with van der Waals surface area (Å²) in [6.45, 7) is 14.9. The molecule has 2 bridgehead atoms. The van der Waals surface area contributed by atoms with Crippen LogP contribution in [0.15, 0.2) is 17.0 Å². The van der Waals surface area contributed by atoms with Crippen LogP contribution in [-0.2, 0) is 14.8 Å². The average Bonchev–Trinajstić information content (AvgIpc) is 3.17. The molecule has 1 saturated heterocycles. The van der Waals surface area contributed by atoms with Gasteiger partial charge in [0.05, 0.1) is 17.1 Å². The summed E-state index contributed by atoms with van der Waals surface area (Å²) in [5.41, 5.74) is 2.07. The van der Waals surface area contributed by atoms with Gasteiger partial charge in [0.1, 0.15) is 0 Å². The van der Waals surface area contributed by atoms with Crippen molar-refractivity contribution in [1.29, 1.82) is 0 Å². The first-order valence-corrected chi connectivity index (χ1v) is 13.3. The second-order valence-electron chi connectivity index (χ2n) is 11.3. The van der Waals surface area contributed by atoms with E-state index >= 15 is 0 Å². The number of ether oxygens (including phenoxy) is 1. The summed E-state index contributed by atoms with van der Waals surface area (Å²) in [5, 5.41) is 3.31. The third kappa shape index (κ3) is 3.80. The zero-order chi connectivity index (χ0) is 23.6. The molecule has 32 heavy (non-hydrogen) atoms. The number of rotatable bonds is 4. The number of sulfonamides is 1. The van der Waals surface area contributed by atoms with Crippen LogP contribution >= 0.6 is 0 Å². The molecule has 1 amide bonds. The second-order valence-corrected chi connectivity index (χ2v) is 13.2. The van der Waals surface area contributed by atoms with Gasteiger partial charge in [-0.3, -0.25) is 4.79 Å². The molecule has 1 aromatic carbocycles. The van der Waals surface area contributed by atoms with Crippen molar-refractivity contribution in [3.8, 4) is 0 Å². The van der Waals surface area contributed by atoms with Crippen molar-refractivity contribution in [1.82, 2.24) is 9.62 Å². The average molecular weight is 463 g/mol. The molecular formula is C25H38N2O4S. The predicted octanol–water partition coefficient (Wildman–Crippen LogP) is 4.05. The lowest BCUT2D eigenvalue weighted by Crippen LogP contribution is -2.52. The Hall–Kier alpha value is -1.44. The van der Waals surface area contributed by atoms with E-state index < -0.39 is 10.0 Å². The lowest BCUT2D eigenvalue weighted by Gasteiger charge is -2.43. The Labute approximate surface area is 193 Å². The number of fused-ring (bicyclic) bond motifs is 2. The van der Waals surface area contributed by atoms with E-state index in [4.69, 9.17) is 4.74 Å². The van der Waals surface area contributed by atoms with Gasteiger partial charge >= 0.3 is 0 Å². The Kier molecular flexibility index (Phi) is 5.79. The standard InChI is InChI=1S/C25H38N2O4S/c1-15-10-19(22(28)26-23-24(5,6)20-8-9-25(23,7)12-20)11-21(18(15)4)32(29,30)27-13-16(2)31-17(3)14-27/h10-11,16-17,20,23H,8-9,12-14H2,1-7H3,(H,26,28)/t16?,17?,20-,23-,25?/m0/s1. The van der Waals surface area contributed by atoms with Crippen LogP contribution in [0, 0.1) is 30.6 Å². The van der Waals surface area contributed by atoms with E-state index in [-0.39, 0.29) is 39.9 Å². The number of aryl methyl sites for hydroxylation is 1. The van der Waals surface area contributed by atoms with Crippen molar-refractivity contribution in [3.05, 3.63) is 28.8 Å².